The zero-order valence-corrected chi connectivity index (χ0v) is 20.7. The lowest BCUT2D eigenvalue weighted by molar-refractivity contribution is -0.114. The first-order valence-corrected chi connectivity index (χ1v) is 12.7. The van der Waals surface area contributed by atoms with Gasteiger partial charge >= 0.3 is 0 Å². The van der Waals surface area contributed by atoms with Gasteiger partial charge in [-0.3, -0.25) is 9.10 Å². The fraction of sp³-hybridized carbons (Fsp3) is 0.107. The SMILES string of the molecule is COc1ccc(S(=O)(=O)N(CC(=O)Nc2ccccc2Oc2ccccc2)c2ccccc2)cc1C. The number of hydrogen-bond donors (Lipinski definition) is 1. The number of amides is 1. The molecule has 0 radical (unpaired) electrons. The number of carbonyl (C=O) groups is 1. The molecule has 4 rings (SSSR count). The van der Waals surface area contributed by atoms with Gasteiger partial charge in [0, 0.05) is 0 Å². The van der Waals surface area contributed by atoms with Gasteiger partial charge in [0.15, 0.2) is 5.75 Å². The fourth-order valence-electron chi connectivity index (χ4n) is 3.64. The van der Waals surface area contributed by atoms with Crippen molar-refractivity contribution in [1.29, 1.82) is 0 Å². The maximum absolute atomic E-state index is 13.7. The molecule has 0 aliphatic heterocycles. The highest BCUT2D eigenvalue weighted by Crippen LogP contribution is 2.30. The van der Waals surface area contributed by atoms with Crippen molar-refractivity contribution >= 4 is 27.3 Å². The molecule has 0 saturated carbocycles. The molecule has 0 aliphatic carbocycles. The Morgan fingerprint density at radius 3 is 2.14 bits per heavy atom. The van der Waals surface area contributed by atoms with Gasteiger partial charge in [-0.05, 0) is 67.1 Å². The number of carbonyl (C=O) groups excluding carboxylic acids is 1. The van der Waals surface area contributed by atoms with Crippen LogP contribution >= 0.6 is 0 Å². The van der Waals surface area contributed by atoms with Crippen molar-refractivity contribution in [2.45, 2.75) is 11.8 Å². The summed E-state index contributed by atoms with van der Waals surface area (Å²) in [5, 5.41) is 2.79. The van der Waals surface area contributed by atoms with E-state index in [0.29, 0.717) is 34.2 Å². The van der Waals surface area contributed by atoms with Crippen molar-refractivity contribution in [1.82, 2.24) is 0 Å². The van der Waals surface area contributed by atoms with Crippen molar-refractivity contribution < 1.29 is 22.7 Å². The Morgan fingerprint density at radius 1 is 0.833 bits per heavy atom. The summed E-state index contributed by atoms with van der Waals surface area (Å²) in [6, 6.07) is 29.3. The average molecular weight is 503 g/mol. The highest BCUT2D eigenvalue weighted by molar-refractivity contribution is 7.92. The number of nitrogens with zero attached hydrogens (tertiary/aromatic N) is 1. The van der Waals surface area contributed by atoms with Gasteiger partial charge in [0.1, 0.15) is 18.0 Å². The number of hydrogen-bond acceptors (Lipinski definition) is 5. The number of methoxy groups -OCH3 is 1. The second-order valence-corrected chi connectivity index (χ2v) is 9.80. The Kier molecular flexibility index (Phi) is 7.56. The van der Waals surface area contributed by atoms with E-state index in [-0.39, 0.29) is 4.90 Å². The van der Waals surface area contributed by atoms with Gasteiger partial charge in [0.2, 0.25) is 5.91 Å². The fourth-order valence-corrected chi connectivity index (χ4v) is 5.15. The van der Waals surface area contributed by atoms with Crippen molar-refractivity contribution in [2.75, 3.05) is 23.3 Å². The third kappa shape index (κ3) is 5.67. The second-order valence-electron chi connectivity index (χ2n) is 7.94. The van der Waals surface area contributed by atoms with Gasteiger partial charge in [-0.15, -0.1) is 0 Å². The molecule has 8 heteroatoms. The molecule has 0 bridgehead atoms. The number of ether oxygens (including phenoxy) is 2. The molecule has 4 aromatic carbocycles. The maximum Gasteiger partial charge on any atom is 0.264 e. The summed E-state index contributed by atoms with van der Waals surface area (Å²) in [6.45, 7) is 1.33. The zero-order valence-electron chi connectivity index (χ0n) is 19.9. The van der Waals surface area contributed by atoms with E-state index in [1.165, 1.54) is 19.2 Å². The Bertz CT molecular complexity index is 1440. The van der Waals surface area contributed by atoms with Crippen LogP contribution in [0.5, 0.6) is 17.2 Å². The van der Waals surface area contributed by atoms with Crippen molar-refractivity contribution in [3.05, 3.63) is 109 Å². The average Bonchev–Trinajstić information content (AvgIpc) is 2.89. The van der Waals surface area contributed by atoms with E-state index in [4.69, 9.17) is 9.47 Å². The molecule has 4 aromatic rings. The van der Waals surface area contributed by atoms with E-state index < -0.39 is 22.5 Å². The number of para-hydroxylation sites is 4. The molecule has 0 spiro atoms. The summed E-state index contributed by atoms with van der Waals surface area (Å²) in [5.74, 6) is 1.12. The normalized spacial score (nSPS) is 10.9. The second kappa shape index (κ2) is 11.0. The Balaban J connectivity index is 1.62. The topological polar surface area (TPSA) is 84.9 Å². The third-order valence-corrected chi connectivity index (χ3v) is 7.19. The predicted molar refractivity (Wildman–Crippen MR) is 140 cm³/mol. The summed E-state index contributed by atoms with van der Waals surface area (Å²) < 4.78 is 39.6. The third-order valence-electron chi connectivity index (χ3n) is 5.42. The highest BCUT2D eigenvalue weighted by Gasteiger charge is 2.28. The van der Waals surface area contributed by atoms with Crippen LogP contribution in [0.1, 0.15) is 5.56 Å². The number of anilines is 2. The van der Waals surface area contributed by atoms with Crippen LogP contribution in [0, 0.1) is 6.92 Å². The summed E-state index contributed by atoms with van der Waals surface area (Å²) in [5.41, 5.74) is 1.47. The summed E-state index contributed by atoms with van der Waals surface area (Å²) in [7, 11) is -2.54. The van der Waals surface area contributed by atoms with E-state index >= 15 is 0 Å². The summed E-state index contributed by atoms with van der Waals surface area (Å²) >= 11 is 0. The van der Waals surface area contributed by atoms with Crippen molar-refractivity contribution in [2.24, 2.45) is 0 Å². The van der Waals surface area contributed by atoms with E-state index in [1.807, 2.05) is 18.2 Å². The lowest BCUT2D eigenvalue weighted by Gasteiger charge is -2.24. The van der Waals surface area contributed by atoms with Gasteiger partial charge in [0.25, 0.3) is 10.0 Å². The Hall–Kier alpha value is -4.30. The first kappa shape index (κ1) is 24.8. The molecule has 1 N–H and O–H groups in total. The van der Waals surface area contributed by atoms with Crippen LogP contribution in [0.15, 0.2) is 108 Å². The molecule has 0 heterocycles. The summed E-state index contributed by atoms with van der Waals surface area (Å²) in [6.07, 6.45) is 0. The van der Waals surface area contributed by atoms with Gasteiger partial charge in [0.05, 0.1) is 23.4 Å². The number of aryl methyl sites for hydroxylation is 1. The van der Waals surface area contributed by atoms with E-state index in [1.54, 1.807) is 79.7 Å². The van der Waals surface area contributed by atoms with Gasteiger partial charge < -0.3 is 14.8 Å². The van der Waals surface area contributed by atoms with Crippen molar-refractivity contribution in [3.63, 3.8) is 0 Å². The summed E-state index contributed by atoms with van der Waals surface area (Å²) in [4.78, 5) is 13.2. The molecular weight excluding hydrogens is 476 g/mol. The molecule has 0 aromatic heterocycles. The standard InChI is InChI=1S/C28H26N2O5S/c1-21-19-24(17-18-26(21)34-2)36(32,33)30(22-11-5-3-6-12-22)20-28(31)29-25-15-9-10-16-27(25)35-23-13-7-4-8-14-23/h3-19H,20H2,1-2H3,(H,29,31). The van der Waals surface area contributed by atoms with Crippen LogP contribution in [0.25, 0.3) is 0 Å². The van der Waals surface area contributed by atoms with Crippen LogP contribution in [-0.2, 0) is 14.8 Å². The molecule has 36 heavy (non-hydrogen) atoms. The molecule has 0 unspecified atom stereocenters. The minimum Gasteiger partial charge on any atom is -0.496 e. The number of sulfonamides is 1. The largest absolute Gasteiger partial charge is 0.496 e. The van der Waals surface area contributed by atoms with Gasteiger partial charge in [-0.25, -0.2) is 8.42 Å². The first-order chi connectivity index (χ1) is 17.4. The molecule has 7 nitrogen and oxygen atoms in total. The smallest absolute Gasteiger partial charge is 0.264 e. The molecule has 0 saturated heterocycles. The molecule has 1 amide bonds. The molecule has 0 fully saturated rings. The van der Waals surface area contributed by atoms with Crippen LogP contribution in [0.3, 0.4) is 0 Å². The van der Waals surface area contributed by atoms with Gasteiger partial charge in [-0.2, -0.15) is 0 Å². The maximum atomic E-state index is 13.7. The van der Waals surface area contributed by atoms with Gasteiger partial charge in [-0.1, -0.05) is 48.5 Å². The molecule has 184 valence electrons. The van der Waals surface area contributed by atoms with E-state index in [2.05, 4.69) is 5.32 Å². The molecule has 0 aliphatic rings. The van der Waals surface area contributed by atoms with Crippen LogP contribution < -0.4 is 19.1 Å². The van der Waals surface area contributed by atoms with E-state index in [0.717, 1.165) is 4.31 Å². The van der Waals surface area contributed by atoms with Crippen LogP contribution in [-0.4, -0.2) is 28.0 Å². The first-order valence-electron chi connectivity index (χ1n) is 11.2. The number of nitrogens with one attached hydrogen (secondary N) is 1. The van der Waals surface area contributed by atoms with Crippen LogP contribution in [0.4, 0.5) is 11.4 Å². The highest BCUT2D eigenvalue weighted by atomic mass is 32.2. The van der Waals surface area contributed by atoms with Crippen molar-refractivity contribution in [3.8, 4) is 17.2 Å². The number of benzene rings is 4. The van der Waals surface area contributed by atoms with E-state index in [9.17, 15) is 13.2 Å². The Morgan fingerprint density at radius 2 is 1.47 bits per heavy atom. The number of rotatable bonds is 9. The Labute approximate surface area is 211 Å². The predicted octanol–water partition coefficient (Wildman–Crippen LogP) is 5.63. The monoisotopic (exact) mass is 502 g/mol. The quantitative estimate of drug-likeness (QED) is 0.321. The zero-order chi connectivity index (χ0) is 25.5. The molecule has 0 atom stereocenters. The lowest BCUT2D eigenvalue weighted by atomic mass is 10.2. The van der Waals surface area contributed by atoms with Crippen LogP contribution in [0.2, 0.25) is 0 Å². The minimum atomic E-state index is -4.06. The lowest BCUT2D eigenvalue weighted by Crippen LogP contribution is -2.38. The molecular formula is C28H26N2O5S. The minimum absolute atomic E-state index is 0.0604.